The molecule has 0 aliphatic rings. The van der Waals surface area contributed by atoms with E-state index in [0.29, 0.717) is 10.7 Å². The molecule has 0 aliphatic heterocycles. The van der Waals surface area contributed by atoms with Crippen molar-refractivity contribution < 1.29 is 9.59 Å². The molecule has 8 heteroatoms. The minimum Gasteiger partial charge on any atom is -0.366 e. The van der Waals surface area contributed by atoms with Crippen molar-refractivity contribution >= 4 is 40.4 Å². The smallest absolute Gasteiger partial charge is 0.275 e. The van der Waals surface area contributed by atoms with Crippen molar-refractivity contribution in [3.8, 4) is 0 Å². The summed E-state index contributed by atoms with van der Waals surface area (Å²) in [4.78, 5) is 27.3. The Morgan fingerprint density at radius 3 is 2.67 bits per heavy atom. The molecule has 1 aromatic carbocycles. The molecule has 2 aromatic rings. The van der Waals surface area contributed by atoms with E-state index in [9.17, 15) is 9.59 Å². The highest BCUT2D eigenvalue weighted by atomic mass is 35.5. The number of carbonyl (C=O) groups excluding carboxylic acids is 2. The number of carbonyl (C=O) groups is 2. The van der Waals surface area contributed by atoms with Gasteiger partial charge in [-0.15, -0.1) is 11.3 Å². The van der Waals surface area contributed by atoms with Crippen LogP contribution >= 0.6 is 22.9 Å². The molecule has 0 saturated carbocycles. The van der Waals surface area contributed by atoms with Crippen molar-refractivity contribution in [2.75, 3.05) is 5.32 Å². The van der Waals surface area contributed by atoms with Crippen LogP contribution in [0.5, 0.6) is 0 Å². The van der Waals surface area contributed by atoms with Gasteiger partial charge >= 0.3 is 0 Å². The number of rotatable bonds is 4. The van der Waals surface area contributed by atoms with E-state index in [-0.39, 0.29) is 28.2 Å². The summed E-state index contributed by atoms with van der Waals surface area (Å²) in [6.07, 6.45) is 0. The second kappa shape index (κ2) is 6.21. The lowest BCUT2D eigenvalue weighted by molar-refractivity contribution is 0.0998. The lowest BCUT2D eigenvalue weighted by atomic mass is 10.2. The van der Waals surface area contributed by atoms with E-state index < -0.39 is 5.91 Å². The first-order valence-electron chi connectivity index (χ1n) is 6.00. The topological polar surface area (TPSA) is 111 Å². The van der Waals surface area contributed by atoms with Crippen LogP contribution < -0.4 is 16.8 Å². The molecule has 1 atom stereocenters. The second-order valence-electron chi connectivity index (χ2n) is 4.37. The summed E-state index contributed by atoms with van der Waals surface area (Å²) in [5.74, 6) is -1.00. The lowest BCUT2D eigenvalue weighted by Crippen LogP contribution is -2.15. The number of amides is 2. The maximum absolute atomic E-state index is 12.0. The first-order valence-corrected chi connectivity index (χ1v) is 7.26. The Bertz CT molecular complexity index is 699. The van der Waals surface area contributed by atoms with Gasteiger partial charge in [-0.25, -0.2) is 4.98 Å². The quantitative estimate of drug-likeness (QED) is 0.800. The zero-order valence-electron chi connectivity index (χ0n) is 11.1. The number of nitrogens with one attached hydrogen (secondary N) is 1. The van der Waals surface area contributed by atoms with Crippen LogP contribution in [0.15, 0.2) is 23.6 Å². The second-order valence-corrected chi connectivity index (χ2v) is 5.67. The molecular weight excluding hydrogens is 312 g/mol. The summed E-state index contributed by atoms with van der Waals surface area (Å²) in [6, 6.07) is 4.23. The molecular formula is C13H13ClN4O2S. The minimum absolute atomic E-state index is 0.176. The minimum atomic E-state index is -0.626. The monoisotopic (exact) mass is 324 g/mol. The molecule has 0 fully saturated rings. The molecule has 5 N–H and O–H groups in total. The summed E-state index contributed by atoms with van der Waals surface area (Å²) in [7, 11) is 0. The fourth-order valence-electron chi connectivity index (χ4n) is 1.59. The number of anilines is 1. The van der Waals surface area contributed by atoms with Gasteiger partial charge in [0.05, 0.1) is 16.6 Å². The van der Waals surface area contributed by atoms with Gasteiger partial charge in [0, 0.05) is 11.1 Å². The fourth-order valence-corrected chi connectivity index (χ4v) is 2.62. The van der Waals surface area contributed by atoms with E-state index in [4.69, 9.17) is 23.1 Å². The number of nitrogens with two attached hydrogens (primary N) is 2. The number of thiazole rings is 1. The highest BCUT2D eigenvalue weighted by Crippen LogP contribution is 2.22. The van der Waals surface area contributed by atoms with E-state index in [1.54, 1.807) is 18.4 Å². The van der Waals surface area contributed by atoms with Crippen LogP contribution in [0.1, 0.15) is 38.8 Å². The summed E-state index contributed by atoms with van der Waals surface area (Å²) in [5.41, 5.74) is 11.8. The van der Waals surface area contributed by atoms with Crippen LogP contribution in [0.25, 0.3) is 0 Å². The van der Waals surface area contributed by atoms with Gasteiger partial charge in [-0.1, -0.05) is 11.6 Å². The summed E-state index contributed by atoms with van der Waals surface area (Å²) in [6.45, 7) is 1.79. The van der Waals surface area contributed by atoms with Crippen molar-refractivity contribution in [1.29, 1.82) is 0 Å². The molecule has 0 aliphatic carbocycles. The number of halogens is 1. The predicted molar refractivity (Wildman–Crippen MR) is 82.6 cm³/mol. The van der Waals surface area contributed by atoms with Crippen molar-refractivity contribution in [3.05, 3.63) is 44.9 Å². The zero-order chi connectivity index (χ0) is 15.6. The van der Waals surface area contributed by atoms with Gasteiger partial charge in [0.2, 0.25) is 5.91 Å². The third-order valence-corrected chi connectivity index (χ3v) is 3.99. The highest BCUT2D eigenvalue weighted by Gasteiger charge is 2.14. The van der Waals surface area contributed by atoms with Crippen LogP contribution in [-0.4, -0.2) is 16.8 Å². The Kier molecular flexibility index (Phi) is 4.56. The zero-order valence-corrected chi connectivity index (χ0v) is 12.7. The first-order chi connectivity index (χ1) is 9.88. The van der Waals surface area contributed by atoms with Crippen LogP contribution in [-0.2, 0) is 0 Å². The Hall–Kier alpha value is -1.96. The molecule has 1 heterocycles. The van der Waals surface area contributed by atoms with E-state index >= 15 is 0 Å². The maximum atomic E-state index is 12.0. The van der Waals surface area contributed by atoms with Crippen LogP contribution in [0.2, 0.25) is 5.02 Å². The molecule has 0 saturated heterocycles. The lowest BCUT2D eigenvalue weighted by Gasteiger charge is -2.06. The molecule has 0 bridgehead atoms. The van der Waals surface area contributed by atoms with Crippen molar-refractivity contribution in [1.82, 2.24) is 4.98 Å². The van der Waals surface area contributed by atoms with Crippen LogP contribution in [0, 0.1) is 0 Å². The molecule has 110 valence electrons. The van der Waals surface area contributed by atoms with Crippen molar-refractivity contribution in [3.63, 3.8) is 0 Å². The Labute approximate surface area is 130 Å². The average molecular weight is 325 g/mol. The maximum Gasteiger partial charge on any atom is 0.275 e. The Balaban J connectivity index is 2.15. The van der Waals surface area contributed by atoms with Gasteiger partial charge < -0.3 is 16.8 Å². The highest BCUT2D eigenvalue weighted by molar-refractivity contribution is 7.09. The van der Waals surface area contributed by atoms with Gasteiger partial charge in [-0.3, -0.25) is 9.59 Å². The fraction of sp³-hybridized carbons (Fsp3) is 0.154. The van der Waals surface area contributed by atoms with Gasteiger partial charge in [0.1, 0.15) is 10.7 Å². The number of hydrogen-bond acceptors (Lipinski definition) is 5. The molecule has 2 amide bonds. The third-order valence-electron chi connectivity index (χ3n) is 2.64. The van der Waals surface area contributed by atoms with E-state index in [1.165, 1.54) is 23.5 Å². The van der Waals surface area contributed by atoms with Crippen LogP contribution in [0.3, 0.4) is 0 Å². The largest absolute Gasteiger partial charge is 0.366 e. The SMILES string of the molecule is CC(N)c1nc(C(=O)Nc2ccc(C(N)=O)c(Cl)c2)cs1. The number of hydrogen-bond donors (Lipinski definition) is 3. The van der Waals surface area contributed by atoms with Gasteiger partial charge in [-0.2, -0.15) is 0 Å². The average Bonchev–Trinajstić information content (AvgIpc) is 2.88. The van der Waals surface area contributed by atoms with Crippen molar-refractivity contribution in [2.45, 2.75) is 13.0 Å². The summed E-state index contributed by atoms with van der Waals surface area (Å²) < 4.78 is 0. The molecule has 2 rings (SSSR count). The molecule has 6 nitrogen and oxygen atoms in total. The Morgan fingerprint density at radius 1 is 1.43 bits per heavy atom. The van der Waals surface area contributed by atoms with Gasteiger partial charge in [0.25, 0.3) is 5.91 Å². The predicted octanol–water partition coefficient (Wildman–Crippen LogP) is 2.17. The summed E-state index contributed by atoms with van der Waals surface area (Å²) in [5, 5.41) is 5.14. The number of aromatic nitrogens is 1. The van der Waals surface area contributed by atoms with E-state index in [1.807, 2.05) is 0 Å². The number of benzene rings is 1. The van der Waals surface area contributed by atoms with E-state index in [2.05, 4.69) is 10.3 Å². The molecule has 21 heavy (non-hydrogen) atoms. The standard InChI is InChI=1S/C13H13ClN4O2S/c1-6(15)13-18-10(5-21-13)12(20)17-7-2-3-8(11(16)19)9(14)4-7/h2-6H,15H2,1H3,(H2,16,19)(H,17,20). The molecule has 0 spiro atoms. The van der Waals surface area contributed by atoms with Crippen LogP contribution in [0.4, 0.5) is 5.69 Å². The van der Waals surface area contributed by atoms with Gasteiger partial charge in [0.15, 0.2) is 0 Å². The molecule has 0 radical (unpaired) electrons. The van der Waals surface area contributed by atoms with E-state index in [0.717, 1.165) is 0 Å². The van der Waals surface area contributed by atoms with Gasteiger partial charge in [-0.05, 0) is 25.1 Å². The molecule has 1 unspecified atom stereocenters. The molecule has 1 aromatic heterocycles. The number of primary amides is 1. The number of nitrogens with zero attached hydrogens (tertiary/aromatic N) is 1. The first kappa shape index (κ1) is 15.4. The Morgan fingerprint density at radius 2 is 2.14 bits per heavy atom. The van der Waals surface area contributed by atoms with Crippen molar-refractivity contribution in [2.24, 2.45) is 11.5 Å². The summed E-state index contributed by atoms with van der Waals surface area (Å²) >= 11 is 7.24. The third kappa shape index (κ3) is 3.57. The normalized spacial score (nSPS) is 12.0.